The minimum Gasteiger partial charge on any atom is -0.218 e. The number of hydrogen-bond donors (Lipinski definition) is 1. The van der Waals surface area contributed by atoms with Crippen molar-refractivity contribution >= 4 is 10.0 Å². The predicted octanol–water partition coefficient (Wildman–Crippen LogP) is 0.733. The van der Waals surface area contributed by atoms with Gasteiger partial charge in [-0.3, -0.25) is 0 Å². The van der Waals surface area contributed by atoms with E-state index in [2.05, 4.69) is 0 Å². The Morgan fingerprint density at radius 3 is 1.77 bits per heavy atom. The zero-order valence-electron chi connectivity index (χ0n) is 6.32. The summed E-state index contributed by atoms with van der Waals surface area (Å²) in [6.07, 6.45) is -5.85. The molecule has 80 valence electrons. The fourth-order valence-corrected chi connectivity index (χ4v) is 1.18. The van der Waals surface area contributed by atoms with E-state index < -0.39 is 27.9 Å². The van der Waals surface area contributed by atoms with Crippen LogP contribution in [0.2, 0.25) is 0 Å². The van der Waals surface area contributed by atoms with Crippen LogP contribution in [-0.4, -0.2) is 33.3 Å². The fourth-order valence-electron chi connectivity index (χ4n) is 0.393. The van der Waals surface area contributed by atoms with Gasteiger partial charge in [-0.15, -0.1) is 0 Å². The molecule has 0 amide bonds. The Labute approximate surface area is 71.0 Å². The Morgan fingerprint density at radius 2 is 1.54 bits per heavy atom. The highest BCUT2D eigenvalue weighted by atomic mass is 32.2. The van der Waals surface area contributed by atoms with Crippen molar-refractivity contribution in [2.45, 2.75) is 12.1 Å². The van der Waals surface area contributed by atoms with Crippen molar-refractivity contribution in [3.05, 3.63) is 0 Å². The molecular formula is C4H6F5NO2S. The molecule has 0 unspecified atom stereocenters. The van der Waals surface area contributed by atoms with Crippen molar-refractivity contribution in [3.63, 3.8) is 0 Å². The van der Waals surface area contributed by atoms with E-state index in [4.69, 9.17) is 0 Å². The number of hydrogen-bond acceptors (Lipinski definition) is 2. The summed E-state index contributed by atoms with van der Waals surface area (Å²) in [6, 6.07) is 0. The quantitative estimate of drug-likeness (QED) is 0.722. The smallest absolute Gasteiger partial charge is 0.218 e. The first-order chi connectivity index (χ1) is 5.52. The fraction of sp³-hybridized carbons (Fsp3) is 1.00. The molecule has 0 heterocycles. The summed E-state index contributed by atoms with van der Waals surface area (Å²) in [6.45, 7) is 0. The Balaban J connectivity index is 4.72. The van der Waals surface area contributed by atoms with Gasteiger partial charge in [0.05, 0.1) is 0 Å². The number of rotatable bonds is 3. The molecule has 0 rings (SSSR count). The van der Waals surface area contributed by atoms with E-state index in [1.54, 1.807) is 0 Å². The van der Waals surface area contributed by atoms with Crippen LogP contribution in [-0.2, 0) is 10.0 Å². The first-order valence-electron chi connectivity index (χ1n) is 2.87. The van der Waals surface area contributed by atoms with E-state index in [1.807, 2.05) is 0 Å². The Bertz CT molecular complexity index is 269. The molecule has 0 aliphatic rings. The summed E-state index contributed by atoms with van der Waals surface area (Å²) in [5.41, 5.74) is 0. The maximum atomic E-state index is 12.1. The molecule has 0 radical (unpaired) electrons. The zero-order chi connectivity index (χ0) is 10.9. The van der Waals surface area contributed by atoms with E-state index >= 15 is 0 Å². The molecule has 13 heavy (non-hydrogen) atoms. The second-order valence-corrected chi connectivity index (χ2v) is 4.09. The van der Waals surface area contributed by atoms with Gasteiger partial charge in [0, 0.05) is 0 Å². The molecule has 0 saturated carbocycles. The lowest BCUT2D eigenvalue weighted by atomic mass is 10.4. The molecule has 0 aliphatic heterocycles. The Morgan fingerprint density at radius 1 is 1.15 bits per heavy atom. The first kappa shape index (κ1) is 12.6. The third kappa shape index (κ3) is 3.43. The number of halogens is 5. The molecule has 0 atom stereocenters. The van der Waals surface area contributed by atoms with Crippen molar-refractivity contribution in [3.8, 4) is 0 Å². The summed E-state index contributed by atoms with van der Waals surface area (Å²) in [4.78, 5) is 0. The average molecular weight is 227 g/mol. The molecule has 0 aromatic heterocycles. The van der Waals surface area contributed by atoms with Crippen molar-refractivity contribution < 1.29 is 30.4 Å². The van der Waals surface area contributed by atoms with Crippen LogP contribution in [0.15, 0.2) is 0 Å². The summed E-state index contributed by atoms with van der Waals surface area (Å²) >= 11 is 0. The van der Waals surface area contributed by atoms with Crippen LogP contribution in [0.1, 0.15) is 0 Å². The monoisotopic (exact) mass is 227 g/mol. The zero-order valence-corrected chi connectivity index (χ0v) is 7.14. The van der Waals surface area contributed by atoms with Crippen LogP contribution in [0.5, 0.6) is 0 Å². The molecule has 0 fully saturated rings. The number of sulfonamides is 1. The molecule has 0 saturated heterocycles. The van der Waals surface area contributed by atoms with Gasteiger partial charge in [-0.2, -0.15) is 22.0 Å². The molecule has 0 spiro atoms. The van der Waals surface area contributed by atoms with E-state index in [-0.39, 0.29) is 0 Å². The molecule has 1 N–H and O–H groups in total. The van der Waals surface area contributed by atoms with E-state index in [0.29, 0.717) is 0 Å². The van der Waals surface area contributed by atoms with Gasteiger partial charge in [0.2, 0.25) is 10.0 Å². The van der Waals surface area contributed by atoms with Gasteiger partial charge < -0.3 is 0 Å². The predicted molar refractivity (Wildman–Crippen MR) is 33.8 cm³/mol. The minimum absolute atomic E-state index is 0.752. The highest BCUT2D eigenvalue weighted by Crippen LogP contribution is 2.36. The molecule has 0 bridgehead atoms. The van der Waals surface area contributed by atoms with E-state index in [9.17, 15) is 30.4 Å². The largest absolute Gasteiger partial charge is 0.454 e. The molecule has 0 aromatic rings. The topological polar surface area (TPSA) is 46.2 Å². The van der Waals surface area contributed by atoms with Crippen LogP contribution in [0.25, 0.3) is 0 Å². The van der Waals surface area contributed by atoms with Crippen LogP contribution in [0, 0.1) is 0 Å². The van der Waals surface area contributed by atoms with Crippen molar-refractivity contribution in [1.82, 2.24) is 4.72 Å². The maximum absolute atomic E-state index is 12.1. The van der Waals surface area contributed by atoms with Crippen LogP contribution >= 0.6 is 0 Å². The van der Waals surface area contributed by atoms with Crippen LogP contribution in [0.4, 0.5) is 22.0 Å². The van der Waals surface area contributed by atoms with Crippen molar-refractivity contribution in [2.24, 2.45) is 0 Å². The lowest BCUT2D eigenvalue weighted by Crippen LogP contribution is -2.45. The third-order valence-corrected chi connectivity index (χ3v) is 2.46. The second kappa shape index (κ2) is 3.37. The van der Waals surface area contributed by atoms with Gasteiger partial charge in [0.1, 0.15) is 5.75 Å². The Kier molecular flexibility index (Phi) is 3.26. The molecule has 3 nitrogen and oxygen atoms in total. The normalized spacial score (nSPS) is 14.6. The summed E-state index contributed by atoms with van der Waals surface area (Å²) in [5, 5.41) is 0. The second-order valence-electron chi connectivity index (χ2n) is 2.17. The summed E-state index contributed by atoms with van der Waals surface area (Å²) < 4.78 is 80.6. The molecule has 0 aromatic carbocycles. The van der Waals surface area contributed by atoms with Gasteiger partial charge in [-0.25, -0.2) is 13.1 Å². The van der Waals surface area contributed by atoms with E-state index in [1.165, 1.54) is 4.72 Å². The van der Waals surface area contributed by atoms with Gasteiger partial charge in [-0.05, 0) is 7.05 Å². The summed E-state index contributed by atoms with van der Waals surface area (Å²) in [7, 11) is -3.83. The van der Waals surface area contributed by atoms with Crippen molar-refractivity contribution in [1.29, 1.82) is 0 Å². The van der Waals surface area contributed by atoms with Gasteiger partial charge in [0.25, 0.3) is 0 Å². The van der Waals surface area contributed by atoms with Crippen LogP contribution < -0.4 is 4.72 Å². The van der Waals surface area contributed by atoms with Crippen molar-refractivity contribution in [2.75, 3.05) is 12.8 Å². The lowest BCUT2D eigenvalue weighted by Gasteiger charge is -2.18. The highest BCUT2D eigenvalue weighted by molar-refractivity contribution is 7.89. The molecular weight excluding hydrogens is 221 g/mol. The van der Waals surface area contributed by atoms with Gasteiger partial charge in [-0.1, -0.05) is 0 Å². The first-order valence-corrected chi connectivity index (χ1v) is 4.53. The number of alkyl halides is 5. The number of nitrogens with one attached hydrogen (secondary N) is 1. The maximum Gasteiger partial charge on any atom is 0.454 e. The molecule has 0 aliphatic carbocycles. The van der Waals surface area contributed by atoms with Crippen LogP contribution in [0.3, 0.4) is 0 Å². The lowest BCUT2D eigenvalue weighted by molar-refractivity contribution is -0.271. The van der Waals surface area contributed by atoms with Gasteiger partial charge in [0.15, 0.2) is 0 Å². The molecule has 9 heteroatoms. The third-order valence-electron chi connectivity index (χ3n) is 1.10. The Hall–Kier alpha value is -0.440. The van der Waals surface area contributed by atoms with E-state index in [0.717, 1.165) is 7.05 Å². The minimum atomic E-state index is -5.85. The SMILES string of the molecule is CNS(=O)(=O)CC(F)(F)C(F)(F)F. The highest BCUT2D eigenvalue weighted by Gasteiger charge is 2.59. The standard InChI is InChI=1S/C4H6F5NO2S/c1-10-13(11,12)2-3(5,6)4(7,8)9/h10H,2H2,1H3. The average Bonchev–Trinajstić information content (AvgIpc) is 1.83. The summed E-state index contributed by atoms with van der Waals surface area (Å²) in [5.74, 6) is -7.52. The van der Waals surface area contributed by atoms with Gasteiger partial charge >= 0.3 is 12.1 Å².